The molecule has 6 rings (SSSR count). The van der Waals surface area contributed by atoms with Gasteiger partial charge in [-0.25, -0.2) is 9.29 Å². The second-order valence-corrected chi connectivity index (χ2v) is 12.2. The van der Waals surface area contributed by atoms with Crippen LogP contribution < -0.4 is 4.74 Å². The number of ether oxygens (including phenoxy) is 4. The van der Waals surface area contributed by atoms with Gasteiger partial charge in [-0.1, -0.05) is 29.3 Å². The number of carbonyl (C=O) groups is 1. The standard InChI is InChI=1S/C30H35Cl2FN2O5/c1-17-27(30(36)37-2)35(16-39-17)29-28(40-29)21-12-20(19-6-7-19)26(13-25(21)33)38-15-18-8-10-34(11-9-18)14-22-23(31)4-3-5-24(22)32/h3-5,12-13,17-19,27-29H,6-11,14-16H2,1-2H3/t17-,27+,28?,29?/m1/s1. The van der Waals surface area contributed by atoms with Crippen molar-refractivity contribution in [2.24, 2.45) is 5.92 Å². The van der Waals surface area contributed by atoms with Crippen molar-refractivity contribution < 1.29 is 28.1 Å². The highest BCUT2D eigenvalue weighted by Crippen LogP contribution is 2.50. The molecule has 1 saturated carbocycles. The van der Waals surface area contributed by atoms with Crippen molar-refractivity contribution in [3.8, 4) is 5.75 Å². The minimum absolute atomic E-state index is 0.241. The molecule has 0 aromatic heterocycles. The number of hydrogen-bond donors (Lipinski definition) is 0. The van der Waals surface area contributed by atoms with Crippen LogP contribution in [0.2, 0.25) is 10.0 Å². The van der Waals surface area contributed by atoms with Crippen LogP contribution in [0.3, 0.4) is 0 Å². The summed E-state index contributed by atoms with van der Waals surface area (Å²) in [6, 6.07) is 8.49. The van der Waals surface area contributed by atoms with Crippen LogP contribution in [-0.2, 0) is 25.5 Å². The van der Waals surface area contributed by atoms with Gasteiger partial charge in [0.15, 0.2) is 0 Å². The highest BCUT2D eigenvalue weighted by molar-refractivity contribution is 6.35. The lowest BCUT2D eigenvalue weighted by molar-refractivity contribution is -0.147. The second kappa shape index (κ2) is 11.7. The van der Waals surface area contributed by atoms with Crippen LogP contribution in [0.15, 0.2) is 30.3 Å². The van der Waals surface area contributed by atoms with E-state index >= 15 is 4.39 Å². The predicted octanol–water partition coefficient (Wildman–Crippen LogP) is 5.92. The molecular weight excluding hydrogens is 558 g/mol. The SMILES string of the molecule is COC(=O)[C@@H]1[C@@H](C)OCN1C1OC1c1cc(C2CC2)c(OCC2CCN(Cc3c(Cl)cccc3Cl)CC2)cc1F. The number of rotatable bonds is 9. The Bertz CT molecular complexity index is 1230. The van der Waals surface area contributed by atoms with Crippen molar-refractivity contribution in [1.29, 1.82) is 0 Å². The monoisotopic (exact) mass is 592 g/mol. The van der Waals surface area contributed by atoms with Gasteiger partial charge >= 0.3 is 5.97 Å². The highest BCUT2D eigenvalue weighted by atomic mass is 35.5. The van der Waals surface area contributed by atoms with Crippen molar-refractivity contribution in [1.82, 2.24) is 9.80 Å². The maximum absolute atomic E-state index is 15.4. The molecule has 4 atom stereocenters. The lowest BCUT2D eigenvalue weighted by Crippen LogP contribution is -2.43. The van der Waals surface area contributed by atoms with E-state index in [-0.39, 0.29) is 24.6 Å². The average Bonchev–Trinajstić information content (AvgIpc) is 3.88. The van der Waals surface area contributed by atoms with Crippen LogP contribution in [0.5, 0.6) is 5.75 Å². The van der Waals surface area contributed by atoms with E-state index in [2.05, 4.69) is 4.90 Å². The van der Waals surface area contributed by atoms with Crippen molar-refractivity contribution in [2.45, 2.75) is 69.5 Å². The first-order valence-electron chi connectivity index (χ1n) is 14.1. The highest BCUT2D eigenvalue weighted by Gasteiger charge is 2.54. The Morgan fingerprint density at radius 2 is 1.82 bits per heavy atom. The molecule has 0 spiro atoms. The van der Waals surface area contributed by atoms with Gasteiger partial charge in [-0.2, -0.15) is 0 Å². The van der Waals surface area contributed by atoms with Gasteiger partial charge in [0.25, 0.3) is 0 Å². The molecule has 2 aromatic carbocycles. The van der Waals surface area contributed by atoms with Crippen LogP contribution in [0.25, 0.3) is 0 Å². The number of methoxy groups -OCH3 is 1. The molecular formula is C30H35Cl2FN2O5. The molecule has 10 heteroatoms. The molecule has 4 aliphatic rings. The number of epoxide rings is 1. The number of nitrogens with zero attached hydrogens (tertiary/aromatic N) is 2. The molecule has 0 bridgehead atoms. The third-order valence-corrected chi connectivity index (χ3v) is 9.31. The molecule has 3 heterocycles. The lowest BCUT2D eigenvalue weighted by Gasteiger charge is -2.32. The molecule has 4 fully saturated rings. The summed E-state index contributed by atoms with van der Waals surface area (Å²) in [5, 5.41) is 1.40. The van der Waals surface area contributed by atoms with E-state index in [9.17, 15) is 4.79 Å². The van der Waals surface area contributed by atoms with Crippen molar-refractivity contribution in [3.05, 3.63) is 62.9 Å². The molecule has 40 heavy (non-hydrogen) atoms. The van der Waals surface area contributed by atoms with Gasteiger partial charge in [-0.15, -0.1) is 0 Å². The fourth-order valence-electron chi connectivity index (χ4n) is 5.98. The molecule has 0 radical (unpaired) electrons. The fraction of sp³-hybridized carbons (Fsp3) is 0.567. The molecule has 1 aliphatic carbocycles. The Balaban J connectivity index is 1.07. The molecule has 0 N–H and O–H groups in total. The number of carbonyl (C=O) groups excluding carboxylic acids is 1. The van der Waals surface area contributed by atoms with E-state index in [1.807, 2.05) is 36.1 Å². The third-order valence-electron chi connectivity index (χ3n) is 8.60. The molecule has 3 saturated heterocycles. The van der Waals surface area contributed by atoms with Gasteiger partial charge in [-0.3, -0.25) is 9.69 Å². The molecule has 0 amide bonds. The molecule has 7 nitrogen and oxygen atoms in total. The van der Waals surface area contributed by atoms with Gasteiger partial charge in [0, 0.05) is 33.8 Å². The second-order valence-electron chi connectivity index (χ2n) is 11.3. The summed E-state index contributed by atoms with van der Waals surface area (Å²) < 4.78 is 38.2. The number of halogens is 3. The van der Waals surface area contributed by atoms with Crippen molar-refractivity contribution >= 4 is 29.2 Å². The summed E-state index contributed by atoms with van der Waals surface area (Å²) in [6.07, 6.45) is 2.94. The van der Waals surface area contributed by atoms with Gasteiger partial charge in [-0.05, 0) is 81.3 Å². The summed E-state index contributed by atoms with van der Waals surface area (Å²) >= 11 is 12.7. The van der Waals surface area contributed by atoms with Crippen molar-refractivity contribution in [3.63, 3.8) is 0 Å². The number of piperidine rings is 1. The average molecular weight is 594 g/mol. The zero-order valence-electron chi connectivity index (χ0n) is 22.8. The zero-order valence-corrected chi connectivity index (χ0v) is 24.3. The van der Waals surface area contributed by atoms with E-state index in [0.717, 1.165) is 56.4 Å². The van der Waals surface area contributed by atoms with Gasteiger partial charge < -0.3 is 18.9 Å². The van der Waals surface area contributed by atoms with Gasteiger partial charge in [0.1, 0.15) is 36.7 Å². The van der Waals surface area contributed by atoms with E-state index in [0.29, 0.717) is 39.8 Å². The Morgan fingerprint density at radius 3 is 2.50 bits per heavy atom. The number of likely N-dealkylation sites (tertiary alicyclic amines) is 1. The fourth-order valence-corrected chi connectivity index (χ4v) is 6.50. The molecule has 216 valence electrons. The Kier molecular flexibility index (Phi) is 8.28. The predicted molar refractivity (Wildman–Crippen MR) is 149 cm³/mol. The van der Waals surface area contributed by atoms with E-state index < -0.39 is 18.4 Å². The van der Waals surface area contributed by atoms with Crippen LogP contribution in [0, 0.1) is 11.7 Å². The topological polar surface area (TPSA) is 63.8 Å². The third kappa shape index (κ3) is 5.85. The van der Waals surface area contributed by atoms with Crippen molar-refractivity contribution in [2.75, 3.05) is 33.5 Å². The van der Waals surface area contributed by atoms with E-state index in [1.54, 1.807) is 0 Å². The molecule has 2 unspecified atom stereocenters. The maximum Gasteiger partial charge on any atom is 0.325 e. The summed E-state index contributed by atoms with van der Waals surface area (Å²) in [4.78, 5) is 16.5. The first kappa shape index (κ1) is 28.2. The quantitative estimate of drug-likeness (QED) is 0.264. The van der Waals surface area contributed by atoms with Crippen LogP contribution in [0.1, 0.15) is 61.3 Å². The zero-order chi connectivity index (χ0) is 28.0. The maximum atomic E-state index is 15.4. The summed E-state index contributed by atoms with van der Waals surface area (Å²) in [5.74, 6) is 0.696. The number of esters is 1. The molecule has 2 aromatic rings. The van der Waals surface area contributed by atoms with Crippen LogP contribution in [-0.4, -0.2) is 67.7 Å². The van der Waals surface area contributed by atoms with Gasteiger partial charge in [0.05, 0.1) is 19.8 Å². The summed E-state index contributed by atoms with van der Waals surface area (Å²) in [6.45, 7) is 5.23. The Labute approximate surface area is 244 Å². The minimum atomic E-state index is -0.568. The first-order chi connectivity index (χ1) is 19.3. The normalized spacial score (nSPS) is 27.6. The van der Waals surface area contributed by atoms with Crippen LogP contribution in [0.4, 0.5) is 4.39 Å². The number of benzene rings is 2. The van der Waals surface area contributed by atoms with E-state index in [4.69, 9.17) is 42.1 Å². The Hall–Kier alpha value is -1.94. The Morgan fingerprint density at radius 1 is 1.10 bits per heavy atom. The lowest BCUT2D eigenvalue weighted by atomic mass is 9.97. The number of hydrogen-bond acceptors (Lipinski definition) is 7. The summed E-state index contributed by atoms with van der Waals surface area (Å²) in [5.41, 5.74) is 2.53. The minimum Gasteiger partial charge on any atom is -0.493 e. The van der Waals surface area contributed by atoms with E-state index in [1.165, 1.54) is 13.2 Å². The summed E-state index contributed by atoms with van der Waals surface area (Å²) in [7, 11) is 1.36. The molecule has 3 aliphatic heterocycles. The van der Waals surface area contributed by atoms with Gasteiger partial charge in [0.2, 0.25) is 0 Å². The smallest absolute Gasteiger partial charge is 0.325 e. The van der Waals surface area contributed by atoms with Crippen LogP contribution >= 0.6 is 23.2 Å². The first-order valence-corrected chi connectivity index (χ1v) is 14.8. The largest absolute Gasteiger partial charge is 0.493 e.